The van der Waals surface area contributed by atoms with Crippen LogP contribution >= 0.6 is 28.3 Å². The molecule has 6 heteroatoms. The Balaban J connectivity index is 0.00000200. The number of rotatable bonds is 5. The third-order valence-corrected chi connectivity index (χ3v) is 4.26. The summed E-state index contributed by atoms with van der Waals surface area (Å²) in [5, 5.41) is 3.33. The second-order valence-corrected chi connectivity index (χ2v) is 5.52. The van der Waals surface area contributed by atoms with Crippen LogP contribution in [0.4, 0.5) is 4.39 Å². The molecule has 0 unspecified atom stereocenters. The van der Waals surface area contributed by atoms with E-state index >= 15 is 0 Å². The van der Waals surface area contributed by atoms with Crippen LogP contribution in [0.3, 0.4) is 0 Å². The molecular weight excluding hydrogens is 347 g/mol. The molecule has 1 aliphatic heterocycles. The Bertz CT molecular complexity index is 416. The average molecular weight is 368 g/mol. The Hall–Kier alpha value is -0.360. The minimum atomic E-state index is -0.307. The van der Waals surface area contributed by atoms with Crippen LogP contribution in [0.2, 0.25) is 0 Å². The molecule has 0 radical (unpaired) electrons. The SMILES string of the molecule is COc1ccc(Br)c([C@@H](CCF)N2CCNCC2)c1.Cl. The number of piperazine rings is 1. The highest BCUT2D eigenvalue weighted by Crippen LogP contribution is 2.33. The summed E-state index contributed by atoms with van der Waals surface area (Å²) in [5.41, 5.74) is 1.11. The second kappa shape index (κ2) is 8.82. The van der Waals surface area contributed by atoms with E-state index in [1.54, 1.807) is 7.11 Å². The maximum Gasteiger partial charge on any atom is 0.119 e. The van der Waals surface area contributed by atoms with Gasteiger partial charge in [0.15, 0.2) is 0 Å². The molecule has 3 nitrogen and oxygen atoms in total. The van der Waals surface area contributed by atoms with Crippen LogP contribution < -0.4 is 10.1 Å². The molecule has 0 aromatic heterocycles. The summed E-state index contributed by atoms with van der Waals surface area (Å²) < 4.78 is 19.2. The molecule has 1 atom stereocenters. The minimum Gasteiger partial charge on any atom is -0.497 e. The van der Waals surface area contributed by atoms with Gasteiger partial charge in [0.1, 0.15) is 5.75 Å². The fourth-order valence-electron chi connectivity index (χ4n) is 2.54. The minimum absolute atomic E-state index is 0. The van der Waals surface area contributed by atoms with E-state index in [9.17, 15) is 4.39 Å². The van der Waals surface area contributed by atoms with E-state index in [-0.39, 0.29) is 25.1 Å². The standard InChI is InChI=1S/C14H20BrFN2O.ClH/c1-19-11-2-3-13(15)12(10-11)14(4-5-16)18-8-6-17-7-9-18;/h2-3,10,14,17H,4-9H2,1H3;1H/t14-;/m1./s1. The zero-order valence-corrected chi connectivity index (χ0v) is 14.0. The van der Waals surface area contributed by atoms with Crippen LogP contribution in [-0.2, 0) is 0 Å². The van der Waals surface area contributed by atoms with Gasteiger partial charge in [0.05, 0.1) is 13.8 Å². The van der Waals surface area contributed by atoms with E-state index in [1.807, 2.05) is 18.2 Å². The first-order chi connectivity index (χ1) is 9.26. The van der Waals surface area contributed by atoms with Crippen molar-refractivity contribution in [2.45, 2.75) is 12.5 Å². The molecule has 0 bridgehead atoms. The molecule has 0 spiro atoms. The number of benzene rings is 1. The van der Waals surface area contributed by atoms with Crippen molar-refractivity contribution < 1.29 is 9.13 Å². The number of nitrogens with zero attached hydrogens (tertiary/aromatic N) is 1. The number of alkyl halides is 1. The number of nitrogens with one attached hydrogen (secondary N) is 1. The molecule has 0 saturated carbocycles. The van der Waals surface area contributed by atoms with Crippen molar-refractivity contribution >= 4 is 28.3 Å². The molecular formula is C14H21BrClFN2O. The monoisotopic (exact) mass is 366 g/mol. The zero-order valence-electron chi connectivity index (χ0n) is 11.6. The van der Waals surface area contributed by atoms with Gasteiger partial charge >= 0.3 is 0 Å². The van der Waals surface area contributed by atoms with Gasteiger partial charge in [0.25, 0.3) is 0 Å². The van der Waals surface area contributed by atoms with Gasteiger partial charge in [-0.2, -0.15) is 0 Å². The average Bonchev–Trinajstić information content (AvgIpc) is 2.47. The molecule has 1 aromatic rings. The van der Waals surface area contributed by atoms with Crippen LogP contribution in [0.5, 0.6) is 5.75 Å². The molecule has 1 fully saturated rings. The van der Waals surface area contributed by atoms with Crippen LogP contribution in [0.25, 0.3) is 0 Å². The van der Waals surface area contributed by atoms with Crippen LogP contribution in [0.1, 0.15) is 18.0 Å². The fourth-order valence-corrected chi connectivity index (χ4v) is 3.05. The molecule has 1 aliphatic rings. The van der Waals surface area contributed by atoms with Gasteiger partial charge < -0.3 is 10.1 Å². The summed E-state index contributed by atoms with van der Waals surface area (Å²) in [6, 6.07) is 6.00. The van der Waals surface area contributed by atoms with Crippen molar-refractivity contribution in [3.05, 3.63) is 28.2 Å². The third-order valence-electron chi connectivity index (χ3n) is 3.54. The summed E-state index contributed by atoms with van der Waals surface area (Å²) in [6.07, 6.45) is 0.520. The summed E-state index contributed by atoms with van der Waals surface area (Å²) in [5.74, 6) is 0.817. The van der Waals surface area contributed by atoms with E-state index in [4.69, 9.17) is 4.74 Å². The third kappa shape index (κ3) is 4.32. The summed E-state index contributed by atoms with van der Waals surface area (Å²) >= 11 is 3.58. The van der Waals surface area contributed by atoms with Crippen LogP contribution in [0, 0.1) is 0 Å². The zero-order chi connectivity index (χ0) is 13.7. The van der Waals surface area contributed by atoms with E-state index in [2.05, 4.69) is 26.1 Å². The fraction of sp³-hybridized carbons (Fsp3) is 0.571. The van der Waals surface area contributed by atoms with Gasteiger partial charge in [-0.3, -0.25) is 9.29 Å². The van der Waals surface area contributed by atoms with Crippen LogP contribution in [-0.4, -0.2) is 44.9 Å². The first-order valence-corrected chi connectivity index (χ1v) is 7.39. The Morgan fingerprint density at radius 2 is 2.10 bits per heavy atom. The van der Waals surface area contributed by atoms with Crippen molar-refractivity contribution in [1.82, 2.24) is 10.2 Å². The molecule has 1 N–H and O–H groups in total. The molecule has 114 valence electrons. The molecule has 1 saturated heterocycles. The second-order valence-electron chi connectivity index (χ2n) is 4.67. The van der Waals surface area contributed by atoms with Gasteiger partial charge in [-0.25, -0.2) is 0 Å². The maximum absolute atomic E-state index is 12.9. The largest absolute Gasteiger partial charge is 0.497 e. The van der Waals surface area contributed by atoms with Gasteiger partial charge in [-0.1, -0.05) is 15.9 Å². The molecule has 1 aromatic carbocycles. The molecule has 1 heterocycles. The number of halogens is 3. The Kier molecular flexibility index (Phi) is 7.80. The van der Waals surface area contributed by atoms with Gasteiger partial charge in [0.2, 0.25) is 0 Å². The Labute approximate surface area is 134 Å². The highest BCUT2D eigenvalue weighted by atomic mass is 79.9. The lowest BCUT2D eigenvalue weighted by Crippen LogP contribution is -2.45. The van der Waals surface area contributed by atoms with E-state index < -0.39 is 0 Å². The first-order valence-electron chi connectivity index (χ1n) is 6.60. The predicted molar refractivity (Wildman–Crippen MR) is 85.7 cm³/mol. The van der Waals surface area contributed by atoms with E-state index in [1.165, 1.54) is 0 Å². The number of methoxy groups -OCH3 is 1. The maximum atomic E-state index is 12.9. The van der Waals surface area contributed by atoms with Gasteiger partial charge in [-0.15, -0.1) is 12.4 Å². The highest BCUT2D eigenvalue weighted by molar-refractivity contribution is 9.10. The Morgan fingerprint density at radius 1 is 1.40 bits per heavy atom. The lowest BCUT2D eigenvalue weighted by Gasteiger charge is -2.35. The van der Waals surface area contributed by atoms with Gasteiger partial charge in [-0.05, 0) is 30.2 Å². The van der Waals surface area contributed by atoms with Crippen molar-refractivity contribution in [3.63, 3.8) is 0 Å². The summed E-state index contributed by atoms with van der Waals surface area (Å²) in [4.78, 5) is 2.34. The predicted octanol–water partition coefficient (Wildman–Crippen LogP) is 3.19. The van der Waals surface area contributed by atoms with E-state index in [0.717, 1.165) is 42.0 Å². The normalized spacial score (nSPS) is 17.4. The molecule has 0 amide bonds. The molecule has 0 aliphatic carbocycles. The number of ether oxygens (including phenoxy) is 1. The first kappa shape index (κ1) is 17.7. The Morgan fingerprint density at radius 3 is 2.70 bits per heavy atom. The molecule has 20 heavy (non-hydrogen) atoms. The topological polar surface area (TPSA) is 24.5 Å². The lowest BCUT2D eigenvalue weighted by molar-refractivity contribution is 0.157. The smallest absolute Gasteiger partial charge is 0.119 e. The van der Waals surface area contributed by atoms with Crippen molar-refractivity contribution in [2.75, 3.05) is 40.0 Å². The van der Waals surface area contributed by atoms with Crippen molar-refractivity contribution in [1.29, 1.82) is 0 Å². The van der Waals surface area contributed by atoms with E-state index in [0.29, 0.717) is 6.42 Å². The summed E-state index contributed by atoms with van der Waals surface area (Å²) in [6.45, 7) is 3.52. The van der Waals surface area contributed by atoms with Gasteiger partial charge in [0, 0.05) is 36.7 Å². The number of hydrogen-bond donors (Lipinski definition) is 1. The number of hydrogen-bond acceptors (Lipinski definition) is 3. The molecule has 2 rings (SSSR count). The van der Waals surface area contributed by atoms with Crippen molar-refractivity contribution in [2.24, 2.45) is 0 Å². The van der Waals surface area contributed by atoms with Crippen molar-refractivity contribution in [3.8, 4) is 5.75 Å². The summed E-state index contributed by atoms with van der Waals surface area (Å²) in [7, 11) is 1.65. The quantitative estimate of drug-likeness (QED) is 0.865. The lowest BCUT2D eigenvalue weighted by atomic mass is 10.0. The highest BCUT2D eigenvalue weighted by Gasteiger charge is 2.24. The van der Waals surface area contributed by atoms with Crippen LogP contribution in [0.15, 0.2) is 22.7 Å².